The topological polar surface area (TPSA) is 85.2 Å². The normalized spacial score (nSPS) is 13.2. The lowest BCUT2D eigenvalue weighted by Gasteiger charge is -2.17. The van der Waals surface area contributed by atoms with Crippen molar-refractivity contribution >= 4 is 11.9 Å². The average molecular weight is 316 g/mol. The Kier molecular flexibility index (Phi) is 3.67. The van der Waals surface area contributed by atoms with Gasteiger partial charge in [0.25, 0.3) is 5.91 Å². The van der Waals surface area contributed by atoms with Crippen molar-refractivity contribution in [2.75, 3.05) is 26.1 Å². The summed E-state index contributed by atoms with van der Waals surface area (Å²) in [6.07, 6.45) is 1.69. The molecule has 8 nitrogen and oxygen atoms in total. The summed E-state index contributed by atoms with van der Waals surface area (Å²) in [5.41, 5.74) is 2.03. The molecule has 2 aromatic rings. The van der Waals surface area contributed by atoms with E-state index >= 15 is 0 Å². The lowest BCUT2D eigenvalue weighted by Crippen LogP contribution is -2.17. The second kappa shape index (κ2) is 5.53. The molecule has 1 aliphatic rings. The molecule has 0 fully saturated rings. The van der Waals surface area contributed by atoms with Crippen molar-refractivity contribution < 1.29 is 9.53 Å². The molecule has 1 amide bonds. The Balaban J connectivity index is 2.19. The number of nitrogens with one attached hydrogen (secondary N) is 1. The van der Waals surface area contributed by atoms with E-state index in [1.165, 1.54) is 0 Å². The third kappa shape index (κ3) is 2.39. The molecule has 0 aromatic carbocycles. The SMILES string of the molecule is COc1nc(N(C)C)ncc1-c1nc2c(n1C(C)C)CNC2=O. The van der Waals surface area contributed by atoms with Crippen LogP contribution in [0.1, 0.15) is 36.1 Å². The summed E-state index contributed by atoms with van der Waals surface area (Å²) in [5.74, 6) is 1.50. The molecule has 0 saturated heterocycles. The van der Waals surface area contributed by atoms with Gasteiger partial charge in [-0.1, -0.05) is 0 Å². The van der Waals surface area contributed by atoms with Crippen LogP contribution in [0, 0.1) is 0 Å². The summed E-state index contributed by atoms with van der Waals surface area (Å²) >= 11 is 0. The second-order valence-corrected chi connectivity index (χ2v) is 5.86. The van der Waals surface area contributed by atoms with Gasteiger partial charge in [0.1, 0.15) is 5.82 Å². The fraction of sp³-hybridized carbons (Fsp3) is 0.467. The van der Waals surface area contributed by atoms with Crippen LogP contribution < -0.4 is 15.0 Å². The van der Waals surface area contributed by atoms with Crippen molar-refractivity contribution in [2.24, 2.45) is 0 Å². The lowest BCUT2D eigenvalue weighted by molar-refractivity contribution is 0.0961. The van der Waals surface area contributed by atoms with Gasteiger partial charge in [0.05, 0.1) is 24.9 Å². The van der Waals surface area contributed by atoms with Gasteiger partial charge < -0.3 is 19.5 Å². The van der Waals surface area contributed by atoms with E-state index in [0.29, 0.717) is 35.5 Å². The minimum Gasteiger partial charge on any atom is -0.480 e. The Hall–Kier alpha value is -2.64. The fourth-order valence-electron chi connectivity index (χ4n) is 2.69. The number of methoxy groups -OCH3 is 1. The first kappa shape index (κ1) is 15.3. The van der Waals surface area contributed by atoms with E-state index in [9.17, 15) is 4.79 Å². The summed E-state index contributed by atoms with van der Waals surface area (Å²) in [6, 6.07) is 0.146. The Labute approximate surface area is 134 Å². The maximum atomic E-state index is 11.9. The van der Waals surface area contributed by atoms with Gasteiger partial charge in [-0.2, -0.15) is 4.98 Å². The molecule has 0 aliphatic carbocycles. The molecule has 0 bridgehead atoms. The Bertz CT molecular complexity index is 766. The fourth-order valence-corrected chi connectivity index (χ4v) is 2.69. The molecule has 2 aromatic heterocycles. The van der Waals surface area contributed by atoms with E-state index in [2.05, 4.69) is 34.1 Å². The highest BCUT2D eigenvalue weighted by molar-refractivity contribution is 5.97. The smallest absolute Gasteiger partial charge is 0.272 e. The number of rotatable bonds is 4. The third-order valence-corrected chi connectivity index (χ3v) is 3.73. The first-order valence-electron chi connectivity index (χ1n) is 7.42. The van der Waals surface area contributed by atoms with Crippen molar-refractivity contribution in [3.63, 3.8) is 0 Å². The number of ether oxygens (including phenoxy) is 1. The summed E-state index contributed by atoms with van der Waals surface area (Å²) in [7, 11) is 5.29. The summed E-state index contributed by atoms with van der Waals surface area (Å²) < 4.78 is 7.45. The molecule has 122 valence electrons. The molecule has 1 N–H and O–H groups in total. The standard InChI is InChI=1S/C15H20N6O2/c1-8(2)21-10-7-16-13(22)11(10)18-12(21)9-6-17-15(20(3)4)19-14(9)23-5/h6,8H,7H2,1-5H3,(H,16,22). The van der Waals surface area contributed by atoms with Crippen LogP contribution in [0.15, 0.2) is 6.20 Å². The molecule has 0 radical (unpaired) electrons. The van der Waals surface area contributed by atoms with E-state index in [1.54, 1.807) is 18.2 Å². The van der Waals surface area contributed by atoms with Crippen molar-refractivity contribution in [1.29, 1.82) is 0 Å². The molecule has 0 atom stereocenters. The van der Waals surface area contributed by atoms with Gasteiger partial charge in [-0.15, -0.1) is 0 Å². The van der Waals surface area contributed by atoms with Crippen LogP contribution >= 0.6 is 0 Å². The number of anilines is 1. The van der Waals surface area contributed by atoms with Gasteiger partial charge in [0, 0.05) is 26.3 Å². The van der Waals surface area contributed by atoms with Gasteiger partial charge in [0.2, 0.25) is 11.8 Å². The highest BCUT2D eigenvalue weighted by Crippen LogP contribution is 2.33. The van der Waals surface area contributed by atoms with Crippen molar-refractivity contribution in [2.45, 2.75) is 26.4 Å². The van der Waals surface area contributed by atoms with Gasteiger partial charge in [-0.25, -0.2) is 9.97 Å². The number of carbonyl (C=O) groups excluding carboxylic acids is 1. The van der Waals surface area contributed by atoms with Gasteiger partial charge in [-0.3, -0.25) is 4.79 Å². The largest absolute Gasteiger partial charge is 0.480 e. The Morgan fingerprint density at radius 2 is 2.09 bits per heavy atom. The number of carbonyl (C=O) groups is 1. The predicted molar refractivity (Wildman–Crippen MR) is 85.7 cm³/mol. The molecule has 23 heavy (non-hydrogen) atoms. The third-order valence-electron chi connectivity index (χ3n) is 3.73. The van der Waals surface area contributed by atoms with Crippen molar-refractivity contribution in [1.82, 2.24) is 24.8 Å². The first-order valence-corrected chi connectivity index (χ1v) is 7.42. The number of fused-ring (bicyclic) bond motifs is 1. The predicted octanol–water partition coefficient (Wildman–Crippen LogP) is 1.24. The van der Waals surface area contributed by atoms with E-state index in [4.69, 9.17) is 4.74 Å². The molecule has 8 heteroatoms. The van der Waals surface area contributed by atoms with Crippen LogP contribution in [0.3, 0.4) is 0 Å². The number of amides is 1. The number of nitrogens with zero attached hydrogens (tertiary/aromatic N) is 5. The molecular formula is C15H20N6O2. The van der Waals surface area contributed by atoms with E-state index in [0.717, 1.165) is 5.69 Å². The van der Waals surface area contributed by atoms with Crippen LogP contribution in [0.4, 0.5) is 5.95 Å². The first-order chi connectivity index (χ1) is 10.9. The van der Waals surface area contributed by atoms with Crippen LogP contribution in [-0.2, 0) is 6.54 Å². The number of hydrogen-bond donors (Lipinski definition) is 1. The molecule has 0 spiro atoms. The lowest BCUT2D eigenvalue weighted by atomic mass is 10.2. The molecule has 1 aliphatic heterocycles. The quantitative estimate of drug-likeness (QED) is 0.913. The van der Waals surface area contributed by atoms with E-state index < -0.39 is 0 Å². The van der Waals surface area contributed by atoms with Crippen molar-refractivity contribution in [3.05, 3.63) is 17.6 Å². The molecular weight excluding hydrogens is 296 g/mol. The molecule has 0 unspecified atom stereocenters. The zero-order valence-corrected chi connectivity index (χ0v) is 13.9. The Morgan fingerprint density at radius 1 is 1.35 bits per heavy atom. The minimum atomic E-state index is -0.148. The molecule has 3 heterocycles. The highest BCUT2D eigenvalue weighted by atomic mass is 16.5. The molecule has 0 saturated carbocycles. The van der Waals surface area contributed by atoms with Crippen LogP contribution in [0.25, 0.3) is 11.4 Å². The average Bonchev–Trinajstić information content (AvgIpc) is 3.06. The van der Waals surface area contributed by atoms with Crippen molar-refractivity contribution in [3.8, 4) is 17.3 Å². The monoisotopic (exact) mass is 316 g/mol. The summed E-state index contributed by atoms with van der Waals surface area (Å²) in [4.78, 5) is 27.0. The summed E-state index contributed by atoms with van der Waals surface area (Å²) in [6.45, 7) is 4.59. The van der Waals surface area contributed by atoms with Gasteiger partial charge in [0.15, 0.2) is 5.69 Å². The van der Waals surface area contributed by atoms with Crippen LogP contribution in [-0.4, -0.2) is 46.6 Å². The zero-order chi connectivity index (χ0) is 16.7. The zero-order valence-electron chi connectivity index (χ0n) is 13.9. The van der Waals surface area contributed by atoms with Gasteiger partial charge in [-0.05, 0) is 13.8 Å². The van der Waals surface area contributed by atoms with Crippen LogP contribution in [0.5, 0.6) is 5.88 Å². The second-order valence-electron chi connectivity index (χ2n) is 5.86. The maximum Gasteiger partial charge on any atom is 0.272 e. The highest BCUT2D eigenvalue weighted by Gasteiger charge is 2.30. The number of hydrogen-bond acceptors (Lipinski definition) is 6. The maximum absolute atomic E-state index is 11.9. The minimum absolute atomic E-state index is 0.146. The number of aromatic nitrogens is 4. The summed E-state index contributed by atoms with van der Waals surface area (Å²) in [5, 5.41) is 2.80. The Morgan fingerprint density at radius 3 is 2.70 bits per heavy atom. The number of imidazole rings is 1. The van der Waals surface area contributed by atoms with Crippen LogP contribution in [0.2, 0.25) is 0 Å². The van der Waals surface area contributed by atoms with E-state index in [1.807, 2.05) is 18.7 Å². The van der Waals surface area contributed by atoms with Gasteiger partial charge >= 0.3 is 0 Å². The van der Waals surface area contributed by atoms with E-state index in [-0.39, 0.29) is 11.9 Å². The molecule has 3 rings (SSSR count).